The number of nitrogens with zero attached hydrogens (tertiary/aromatic N) is 1. The molecule has 0 unspecified atom stereocenters. The second-order valence-electron chi connectivity index (χ2n) is 3.20. The van der Waals surface area contributed by atoms with Crippen molar-refractivity contribution >= 4 is 11.8 Å². The number of hydrogen-bond donors (Lipinski definition) is 1. The van der Waals surface area contributed by atoms with E-state index in [4.69, 9.17) is 0 Å². The molecule has 0 saturated heterocycles. The average molecular weight is 199 g/mol. The molecule has 1 heterocycles. The third-order valence-corrected chi connectivity index (χ3v) is 2.75. The van der Waals surface area contributed by atoms with Gasteiger partial charge in [0.15, 0.2) is 0 Å². The van der Waals surface area contributed by atoms with E-state index in [0.717, 1.165) is 6.54 Å². The summed E-state index contributed by atoms with van der Waals surface area (Å²) in [7, 11) is 0. The van der Waals surface area contributed by atoms with Crippen molar-refractivity contribution in [3.05, 3.63) is 18.2 Å². The highest BCUT2D eigenvalue weighted by Crippen LogP contribution is 1.97. The first-order valence-electron chi connectivity index (χ1n) is 4.93. The van der Waals surface area contributed by atoms with E-state index in [1.165, 1.54) is 30.8 Å². The van der Waals surface area contributed by atoms with Gasteiger partial charge in [-0.15, -0.1) is 0 Å². The molecule has 1 aromatic heterocycles. The van der Waals surface area contributed by atoms with Gasteiger partial charge in [0.25, 0.3) is 5.82 Å². The summed E-state index contributed by atoms with van der Waals surface area (Å²) in [5, 5.41) is 0. The molecule has 0 aliphatic rings. The van der Waals surface area contributed by atoms with Crippen LogP contribution in [0.1, 0.15) is 25.6 Å². The van der Waals surface area contributed by atoms with Crippen LogP contribution in [0.5, 0.6) is 0 Å². The van der Waals surface area contributed by atoms with Gasteiger partial charge < -0.3 is 0 Å². The maximum Gasteiger partial charge on any atom is 0.254 e. The third-order valence-electron chi connectivity index (χ3n) is 2.15. The van der Waals surface area contributed by atoms with Gasteiger partial charge in [-0.05, 0) is 12.7 Å². The van der Waals surface area contributed by atoms with E-state index < -0.39 is 0 Å². The summed E-state index contributed by atoms with van der Waals surface area (Å²) >= 11 is 1.90. The standard InChI is InChI=1S/C10H18N2S/c1-3-4-5-10-11-6-7-12(10)8-9-13-2/h6-7H,3-5,8-9H2,1-2H3/p+1. The van der Waals surface area contributed by atoms with E-state index >= 15 is 0 Å². The zero-order chi connectivity index (χ0) is 9.52. The largest absolute Gasteiger partial charge is 0.254 e. The van der Waals surface area contributed by atoms with E-state index in [-0.39, 0.29) is 0 Å². The van der Waals surface area contributed by atoms with Gasteiger partial charge in [-0.3, -0.25) is 0 Å². The first-order chi connectivity index (χ1) is 6.38. The summed E-state index contributed by atoms with van der Waals surface area (Å²) in [5.41, 5.74) is 0. The normalized spacial score (nSPS) is 10.6. The fraction of sp³-hybridized carbons (Fsp3) is 0.700. The Bertz CT molecular complexity index is 210. The molecule has 0 amide bonds. The highest BCUT2D eigenvalue weighted by molar-refractivity contribution is 7.98. The van der Waals surface area contributed by atoms with Crippen LogP contribution in [0.3, 0.4) is 0 Å². The van der Waals surface area contributed by atoms with Crippen molar-refractivity contribution in [3.63, 3.8) is 0 Å². The van der Waals surface area contributed by atoms with E-state index in [1.54, 1.807) is 0 Å². The molecule has 0 spiro atoms. The van der Waals surface area contributed by atoms with Crippen LogP contribution in [0.4, 0.5) is 0 Å². The van der Waals surface area contributed by atoms with Crippen LogP contribution in [0.2, 0.25) is 0 Å². The molecule has 0 fully saturated rings. The van der Waals surface area contributed by atoms with Crippen molar-refractivity contribution in [2.75, 3.05) is 12.0 Å². The maximum atomic E-state index is 3.30. The van der Waals surface area contributed by atoms with Gasteiger partial charge >= 0.3 is 0 Å². The predicted molar refractivity (Wildman–Crippen MR) is 58.0 cm³/mol. The Morgan fingerprint density at radius 1 is 1.54 bits per heavy atom. The second kappa shape index (κ2) is 6.08. The molecule has 13 heavy (non-hydrogen) atoms. The number of unbranched alkanes of at least 4 members (excludes halogenated alkanes) is 1. The highest BCUT2D eigenvalue weighted by Gasteiger charge is 2.08. The Labute approximate surface area is 84.7 Å². The molecule has 74 valence electrons. The lowest BCUT2D eigenvalue weighted by molar-refractivity contribution is -0.698. The van der Waals surface area contributed by atoms with Gasteiger partial charge in [0.2, 0.25) is 0 Å². The zero-order valence-corrected chi connectivity index (χ0v) is 9.36. The summed E-state index contributed by atoms with van der Waals surface area (Å²) in [6.07, 6.45) is 10.0. The molecule has 0 aliphatic heterocycles. The molecule has 0 radical (unpaired) electrons. The molecule has 1 rings (SSSR count). The summed E-state index contributed by atoms with van der Waals surface area (Å²) in [4.78, 5) is 3.30. The molecule has 1 N–H and O–H groups in total. The number of nitrogens with one attached hydrogen (secondary N) is 1. The molecule has 1 aromatic rings. The number of aromatic amines is 1. The monoisotopic (exact) mass is 199 g/mol. The molecular formula is C10H19N2S+. The van der Waals surface area contributed by atoms with Crippen molar-refractivity contribution in [2.45, 2.75) is 32.7 Å². The Balaban J connectivity index is 2.45. The number of aryl methyl sites for hydroxylation is 2. The number of imidazole rings is 1. The fourth-order valence-electron chi connectivity index (χ4n) is 1.36. The van der Waals surface area contributed by atoms with E-state index in [9.17, 15) is 0 Å². The summed E-state index contributed by atoms with van der Waals surface area (Å²) in [5.74, 6) is 2.57. The van der Waals surface area contributed by atoms with Gasteiger partial charge in [0, 0.05) is 12.2 Å². The smallest absolute Gasteiger partial charge is 0.248 e. The Hall–Kier alpha value is -0.440. The first kappa shape index (κ1) is 10.6. The van der Waals surface area contributed by atoms with Crippen LogP contribution < -0.4 is 4.57 Å². The number of thioether (sulfide) groups is 1. The van der Waals surface area contributed by atoms with E-state index in [0.29, 0.717) is 0 Å². The molecule has 2 nitrogen and oxygen atoms in total. The van der Waals surface area contributed by atoms with Crippen molar-refractivity contribution in [1.29, 1.82) is 0 Å². The van der Waals surface area contributed by atoms with Crippen molar-refractivity contribution < 1.29 is 4.57 Å². The van der Waals surface area contributed by atoms with Crippen LogP contribution in [0, 0.1) is 0 Å². The van der Waals surface area contributed by atoms with Crippen molar-refractivity contribution in [1.82, 2.24) is 4.98 Å². The summed E-state index contributed by atoms with van der Waals surface area (Å²) in [6.45, 7) is 3.36. The Morgan fingerprint density at radius 2 is 2.38 bits per heavy atom. The van der Waals surface area contributed by atoms with E-state index in [2.05, 4.69) is 28.9 Å². The van der Waals surface area contributed by atoms with Crippen LogP contribution in [0.15, 0.2) is 12.4 Å². The Morgan fingerprint density at radius 3 is 3.08 bits per heavy atom. The zero-order valence-electron chi connectivity index (χ0n) is 8.55. The lowest BCUT2D eigenvalue weighted by Crippen LogP contribution is -2.37. The van der Waals surface area contributed by atoms with Crippen molar-refractivity contribution in [2.24, 2.45) is 0 Å². The minimum Gasteiger partial charge on any atom is -0.248 e. The maximum absolute atomic E-state index is 3.30. The lowest BCUT2D eigenvalue weighted by Gasteiger charge is -1.98. The highest BCUT2D eigenvalue weighted by atomic mass is 32.2. The number of aromatic nitrogens is 2. The molecule has 0 atom stereocenters. The molecule has 0 aliphatic carbocycles. The van der Waals surface area contributed by atoms with Gasteiger partial charge in [-0.25, -0.2) is 9.55 Å². The molecular weight excluding hydrogens is 180 g/mol. The van der Waals surface area contributed by atoms with Gasteiger partial charge in [0.1, 0.15) is 12.4 Å². The topological polar surface area (TPSA) is 19.7 Å². The van der Waals surface area contributed by atoms with Crippen LogP contribution >= 0.6 is 11.8 Å². The van der Waals surface area contributed by atoms with Crippen LogP contribution in [0.25, 0.3) is 0 Å². The minimum atomic E-state index is 1.13. The van der Waals surface area contributed by atoms with Crippen molar-refractivity contribution in [3.8, 4) is 0 Å². The molecule has 0 saturated carbocycles. The number of rotatable bonds is 6. The molecule has 3 heteroatoms. The summed E-state index contributed by atoms with van der Waals surface area (Å²) in [6, 6.07) is 0. The second-order valence-corrected chi connectivity index (χ2v) is 4.18. The van der Waals surface area contributed by atoms with Gasteiger partial charge in [0.05, 0.1) is 6.54 Å². The van der Waals surface area contributed by atoms with Crippen LogP contribution in [-0.4, -0.2) is 17.0 Å². The Kier molecular flexibility index (Phi) is 4.98. The average Bonchev–Trinajstić information content (AvgIpc) is 2.59. The SMILES string of the molecule is CCCCc1[nH]cc[n+]1CCSC. The number of hydrogen-bond acceptors (Lipinski definition) is 1. The summed E-state index contributed by atoms with van der Waals surface area (Å²) < 4.78 is 2.33. The molecule has 0 aromatic carbocycles. The molecule has 0 bridgehead atoms. The van der Waals surface area contributed by atoms with Crippen LogP contribution in [-0.2, 0) is 13.0 Å². The fourth-order valence-corrected chi connectivity index (χ4v) is 1.73. The predicted octanol–water partition coefficient (Wildman–Crippen LogP) is 2.01. The van der Waals surface area contributed by atoms with Gasteiger partial charge in [-0.2, -0.15) is 11.8 Å². The third kappa shape index (κ3) is 3.43. The quantitative estimate of drug-likeness (QED) is 0.695. The number of H-pyrrole nitrogens is 1. The lowest BCUT2D eigenvalue weighted by atomic mass is 10.2. The van der Waals surface area contributed by atoms with E-state index in [1.807, 2.05) is 18.0 Å². The first-order valence-corrected chi connectivity index (χ1v) is 6.32. The minimum absolute atomic E-state index is 1.13. The van der Waals surface area contributed by atoms with Gasteiger partial charge in [-0.1, -0.05) is 13.3 Å².